The smallest absolute Gasteiger partial charge is 0.230 e. The lowest BCUT2D eigenvalue weighted by molar-refractivity contribution is -0.0764. The van der Waals surface area contributed by atoms with Gasteiger partial charge in [-0.25, -0.2) is 9.37 Å². The van der Waals surface area contributed by atoms with Gasteiger partial charge in [-0.3, -0.25) is 4.90 Å². The third-order valence-corrected chi connectivity index (χ3v) is 5.60. The third-order valence-electron chi connectivity index (χ3n) is 4.53. The number of ether oxygens (including phenoxy) is 1. The summed E-state index contributed by atoms with van der Waals surface area (Å²) in [5.74, 6) is 0.373. The van der Waals surface area contributed by atoms with Crippen LogP contribution in [0.15, 0.2) is 24.3 Å². The first-order valence-corrected chi connectivity index (χ1v) is 9.44. The fourth-order valence-electron chi connectivity index (χ4n) is 3.66. The molecule has 0 bridgehead atoms. The molecule has 3 aromatic rings. The Morgan fingerprint density at radius 3 is 2.69 bits per heavy atom. The van der Waals surface area contributed by atoms with Gasteiger partial charge in [0, 0.05) is 13.1 Å². The second-order valence-electron chi connectivity index (χ2n) is 6.81. The molecule has 4 rings (SSSR count). The molecule has 0 saturated carbocycles. The van der Waals surface area contributed by atoms with Crippen LogP contribution in [-0.2, 0) is 4.74 Å². The summed E-state index contributed by atoms with van der Waals surface area (Å²) in [6.07, 6.45) is 0.114. The van der Waals surface area contributed by atoms with E-state index < -0.39 is 0 Å². The first-order chi connectivity index (χ1) is 12.4. The van der Waals surface area contributed by atoms with Gasteiger partial charge < -0.3 is 9.84 Å². The van der Waals surface area contributed by atoms with Crippen LogP contribution in [0, 0.1) is 12.7 Å². The van der Waals surface area contributed by atoms with Gasteiger partial charge in [-0.1, -0.05) is 23.5 Å². The molecule has 1 aliphatic heterocycles. The number of aromatic hydroxyl groups is 1. The molecule has 1 saturated heterocycles. The maximum absolute atomic E-state index is 13.9. The zero-order chi connectivity index (χ0) is 18.4. The van der Waals surface area contributed by atoms with Crippen LogP contribution in [0.25, 0.3) is 4.96 Å². The van der Waals surface area contributed by atoms with Crippen molar-refractivity contribution in [3.63, 3.8) is 0 Å². The van der Waals surface area contributed by atoms with Gasteiger partial charge in [-0.2, -0.15) is 4.52 Å². The summed E-state index contributed by atoms with van der Waals surface area (Å²) >= 11 is 1.38. The highest BCUT2D eigenvalue weighted by Crippen LogP contribution is 2.40. The SMILES string of the molecule is Cc1nc2sc([C@H](c3cccc(F)c3)N3C[C@H](C)O[C@@H](C)C3)c(O)n2n1. The molecule has 0 unspecified atom stereocenters. The predicted octanol–water partition coefficient (Wildman–Crippen LogP) is 3.14. The number of hydrogen-bond donors (Lipinski definition) is 1. The number of rotatable bonds is 3. The molecule has 0 aliphatic carbocycles. The van der Waals surface area contributed by atoms with Crippen molar-refractivity contribution in [3.8, 4) is 5.88 Å². The molecule has 3 heterocycles. The Balaban J connectivity index is 1.84. The normalized spacial score (nSPS) is 22.8. The zero-order valence-electron chi connectivity index (χ0n) is 14.9. The molecule has 138 valence electrons. The quantitative estimate of drug-likeness (QED) is 0.761. The average molecular weight is 376 g/mol. The van der Waals surface area contributed by atoms with E-state index in [2.05, 4.69) is 15.0 Å². The van der Waals surface area contributed by atoms with Crippen LogP contribution in [0.4, 0.5) is 4.39 Å². The van der Waals surface area contributed by atoms with Crippen molar-refractivity contribution >= 4 is 16.3 Å². The summed E-state index contributed by atoms with van der Waals surface area (Å²) in [7, 11) is 0. The minimum absolute atomic E-state index is 0.0568. The number of morpholine rings is 1. The van der Waals surface area contributed by atoms with Crippen molar-refractivity contribution in [3.05, 3.63) is 46.3 Å². The fraction of sp³-hybridized carbons (Fsp3) is 0.444. The van der Waals surface area contributed by atoms with Crippen molar-refractivity contribution in [2.24, 2.45) is 0 Å². The number of aromatic nitrogens is 3. The molecule has 0 amide bonds. The van der Waals surface area contributed by atoms with Gasteiger partial charge >= 0.3 is 0 Å². The maximum Gasteiger partial charge on any atom is 0.230 e. The Morgan fingerprint density at radius 1 is 1.31 bits per heavy atom. The molecular weight excluding hydrogens is 355 g/mol. The molecule has 1 fully saturated rings. The highest BCUT2D eigenvalue weighted by Gasteiger charge is 2.34. The number of halogens is 1. The van der Waals surface area contributed by atoms with Crippen LogP contribution in [-0.4, -0.2) is 49.9 Å². The standard InChI is InChI=1S/C18H21FN4O2S/c1-10-8-22(9-11(2)25-10)15(13-5-4-6-14(19)7-13)16-17(24)23-18(26-16)20-12(3)21-23/h4-7,10-11,15,24H,8-9H2,1-3H3/t10-,11-,15-/m0/s1. The lowest BCUT2D eigenvalue weighted by atomic mass is 10.0. The lowest BCUT2D eigenvalue weighted by Crippen LogP contribution is -2.47. The van der Waals surface area contributed by atoms with Crippen LogP contribution < -0.4 is 0 Å². The molecule has 3 atom stereocenters. The number of fused-ring (bicyclic) bond motifs is 1. The van der Waals surface area contributed by atoms with Crippen LogP contribution in [0.5, 0.6) is 5.88 Å². The molecular formula is C18H21FN4O2S. The monoisotopic (exact) mass is 376 g/mol. The molecule has 1 aromatic carbocycles. The van der Waals surface area contributed by atoms with Crippen LogP contribution in [0.3, 0.4) is 0 Å². The minimum Gasteiger partial charge on any atom is -0.492 e. The van der Waals surface area contributed by atoms with Gasteiger partial charge in [0.05, 0.1) is 23.1 Å². The summed E-state index contributed by atoms with van der Waals surface area (Å²) in [6.45, 7) is 7.22. The van der Waals surface area contributed by atoms with E-state index >= 15 is 0 Å². The Labute approximate surface area is 154 Å². The zero-order valence-corrected chi connectivity index (χ0v) is 15.7. The van der Waals surface area contributed by atoms with Crippen LogP contribution in [0.2, 0.25) is 0 Å². The van der Waals surface area contributed by atoms with Gasteiger partial charge in [0.25, 0.3) is 0 Å². The molecule has 6 nitrogen and oxygen atoms in total. The summed E-state index contributed by atoms with van der Waals surface area (Å²) in [6, 6.07) is 6.25. The molecule has 2 aromatic heterocycles. The van der Waals surface area contributed by atoms with Crippen LogP contribution in [0.1, 0.15) is 36.2 Å². The van der Waals surface area contributed by atoms with Gasteiger partial charge in [-0.05, 0) is 38.5 Å². The van der Waals surface area contributed by atoms with Gasteiger partial charge in [-0.15, -0.1) is 5.10 Å². The van der Waals surface area contributed by atoms with E-state index in [9.17, 15) is 9.50 Å². The van der Waals surface area contributed by atoms with Crippen molar-refractivity contribution in [2.75, 3.05) is 13.1 Å². The fourth-order valence-corrected chi connectivity index (χ4v) is 4.82. The molecule has 0 spiro atoms. The third kappa shape index (κ3) is 3.08. The summed E-state index contributed by atoms with van der Waals surface area (Å²) < 4.78 is 21.2. The Kier molecular flexibility index (Phi) is 4.42. The molecule has 0 radical (unpaired) electrons. The predicted molar refractivity (Wildman–Crippen MR) is 97.1 cm³/mol. The van der Waals surface area contributed by atoms with E-state index in [1.54, 1.807) is 13.0 Å². The second-order valence-corrected chi connectivity index (χ2v) is 7.82. The van der Waals surface area contributed by atoms with Gasteiger partial charge in [0.2, 0.25) is 10.8 Å². The van der Waals surface area contributed by atoms with E-state index in [0.717, 1.165) is 5.56 Å². The number of thiazole rings is 1. The Bertz CT molecular complexity index is 931. The van der Waals surface area contributed by atoms with Gasteiger partial charge in [0.1, 0.15) is 11.6 Å². The Morgan fingerprint density at radius 2 is 2.04 bits per heavy atom. The molecule has 26 heavy (non-hydrogen) atoms. The highest BCUT2D eigenvalue weighted by molar-refractivity contribution is 7.17. The Hall–Kier alpha value is -2.03. The summed E-state index contributed by atoms with van der Waals surface area (Å²) in [4.78, 5) is 7.93. The minimum atomic E-state index is -0.295. The lowest BCUT2D eigenvalue weighted by Gasteiger charge is -2.40. The average Bonchev–Trinajstić information content (AvgIpc) is 3.05. The van der Waals surface area contributed by atoms with Crippen molar-refractivity contribution < 1.29 is 14.2 Å². The van der Waals surface area contributed by atoms with Crippen molar-refractivity contribution in [1.29, 1.82) is 0 Å². The first-order valence-electron chi connectivity index (χ1n) is 8.62. The van der Waals surface area contributed by atoms with Gasteiger partial charge in [0.15, 0.2) is 0 Å². The number of nitrogens with zero attached hydrogens (tertiary/aromatic N) is 4. The number of benzene rings is 1. The van der Waals surface area contributed by atoms with E-state index in [4.69, 9.17) is 4.74 Å². The van der Waals surface area contributed by atoms with Crippen LogP contribution >= 0.6 is 11.3 Å². The van der Waals surface area contributed by atoms with Crippen molar-refractivity contribution in [2.45, 2.75) is 39.0 Å². The number of hydrogen-bond acceptors (Lipinski definition) is 6. The largest absolute Gasteiger partial charge is 0.492 e. The second kappa shape index (κ2) is 6.61. The topological polar surface area (TPSA) is 62.9 Å². The van der Waals surface area contributed by atoms with E-state index in [1.165, 1.54) is 28.0 Å². The summed E-state index contributed by atoms with van der Waals surface area (Å²) in [5, 5.41) is 15.0. The van der Waals surface area contributed by atoms with E-state index in [0.29, 0.717) is 28.8 Å². The van der Waals surface area contributed by atoms with E-state index in [1.807, 2.05) is 19.9 Å². The highest BCUT2D eigenvalue weighted by atomic mass is 32.1. The summed E-state index contributed by atoms with van der Waals surface area (Å²) in [5.41, 5.74) is 0.794. The van der Waals surface area contributed by atoms with Crippen molar-refractivity contribution in [1.82, 2.24) is 19.5 Å². The molecule has 8 heteroatoms. The first kappa shape index (κ1) is 17.4. The molecule has 1 aliphatic rings. The molecule has 1 N–H and O–H groups in total. The maximum atomic E-state index is 13.9. The number of aryl methyl sites for hydroxylation is 1. The van der Waals surface area contributed by atoms with E-state index in [-0.39, 0.29) is 29.9 Å².